The first-order chi connectivity index (χ1) is 12.4. The van der Waals surface area contributed by atoms with Gasteiger partial charge < -0.3 is 20.5 Å². The Morgan fingerprint density at radius 2 is 2.04 bits per heavy atom. The second-order valence-electron chi connectivity index (χ2n) is 5.32. The third-order valence-corrected chi connectivity index (χ3v) is 4.86. The number of nitrogens with one attached hydrogen (secondary N) is 1. The van der Waals surface area contributed by atoms with Crippen LogP contribution in [0.5, 0.6) is 5.75 Å². The lowest BCUT2D eigenvalue weighted by atomic mass is 9.78. The third-order valence-electron chi connectivity index (χ3n) is 3.82. The Bertz CT molecular complexity index is 815. The van der Waals surface area contributed by atoms with Crippen LogP contribution in [-0.4, -0.2) is 37.8 Å². The number of hydrogen-bond acceptors (Lipinski definition) is 7. The van der Waals surface area contributed by atoms with Gasteiger partial charge in [0.1, 0.15) is 11.7 Å². The average molecular weight is 375 g/mol. The van der Waals surface area contributed by atoms with Crippen LogP contribution in [0.3, 0.4) is 0 Å². The van der Waals surface area contributed by atoms with Gasteiger partial charge in [-0.3, -0.25) is 14.4 Å². The van der Waals surface area contributed by atoms with Gasteiger partial charge in [0, 0.05) is 11.5 Å². The lowest BCUT2D eigenvalue weighted by molar-refractivity contribution is -0.150. The molecule has 1 aliphatic rings. The zero-order chi connectivity index (χ0) is 19.3. The summed E-state index contributed by atoms with van der Waals surface area (Å²) >= 11 is 0.933. The largest absolute Gasteiger partial charge is 0.496 e. The average Bonchev–Trinajstić information content (AvgIpc) is 2.64. The summed E-state index contributed by atoms with van der Waals surface area (Å²) < 4.78 is 10.1. The molecular formula is C17H17N3O5S. The first-order valence-corrected chi connectivity index (χ1v) is 8.50. The maximum absolute atomic E-state index is 12.6. The lowest BCUT2D eigenvalue weighted by Crippen LogP contribution is -2.44. The molecule has 0 aliphatic carbocycles. The quantitative estimate of drug-likeness (QED) is 0.551. The van der Waals surface area contributed by atoms with E-state index < -0.39 is 29.6 Å². The molecule has 0 radical (unpaired) electrons. The Kier molecular flexibility index (Phi) is 6.25. The highest BCUT2D eigenvalue weighted by Gasteiger charge is 2.45. The van der Waals surface area contributed by atoms with Crippen LogP contribution in [0.25, 0.3) is 0 Å². The first-order valence-electron chi connectivity index (χ1n) is 7.51. The maximum atomic E-state index is 12.6. The molecule has 0 saturated heterocycles. The minimum Gasteiger partial charge on any atom is -0.496 e. The number of rotatable bonds is 6. The number of carbonyl (C=O) groups excluding carboxylic acids is 3. The standard InChI is InChI=1S/C17H17N3O5S/c1-24-11-6-4-3-5-9(11)13-10(7-18)16(26-8-12(19)21)20-15(22)14(13)17(23)25-2/h3-6,13-14H,8H2,1-2H3,(H2,19,21)(H,20,22). The van der Waals surface area contributed by atoms with E-state index in [9.17, 15) is 19.6 Å². The molecule has 3 N–H and O–H groups in total. The summed E-state index contributed by atoms with van der Waals surface area (Å²) in [6.07, 6.45) is 0. The van der Waals surface area contributed by atoms with Gasteiger partial charge in [-0.15, -0.1) is 0 Å². The summed E-state index contributed by atoms with van der Waals surface area (Å²) in [4.78, 5) is 35.9. The Morgan fingerprint density at radius 3 is 2.62 bits per heavy atom. The Hall–Kier alpha value is -2.99. The van der Waals surface area contributed by atoms with Crippen molar-refractivity contribution in [1.82, 2.24) is 5.32 Å². The minimum absolute atomic E-state index is 0.123. The fourth-order valence-corrected chi connectivity index (χ4v) is 3.51. The zero-order valence-electron chi connectivity index (χ0n) is 14.1. The summed E-state index contributed by atoms with van der Waals surface area (Å²) in [5, 5.41) is 12.4. The topological polar surface area (TPSA) is 132 Å². The van der Waals surface area contributed by atoms with Crippen LogP contribution in [0.2, 0.25) is 0 Å². The molecule has 0 fully saturated rings. The second kappa shape index (κ2) is 8.40. The van der Waals surface area contributed by atoms with Crippen molar-refractivity contribution in [3.05, 3.63) is 40.4 Å². The van der Waals surface area contributed by atoms with Gasteiger partial charge >= 0.3 is 5.97 Å². The molecule has 2 unspecified atom stereocenters. The summed E-state index contributed by atoms with van der Waals surface area (Å²) in [7, 11) is 2.62. The highest BCUT2D eigenvalue weighted by Crippen LogP contribution is 2.43. The fourth-order valence-electron chi connectivity index (χ4n) is 2.72. The molecular weight excluding hydrogens is 358 g/mol. The third kappa shape index (κ3) is 3.81. The van der Waals surface area contributed by atoms with Crippen molar-refractivity contribution in [2.45, 2.75) is 5.92 Å². The molecule has 0 aromatic heterocycles. The number of esters is 1. The van der Waals surface area contributed by atoms with E-state index in [4.69, 9.17) is 15.2 Å². The number of methoxy groups -OCH3 is 2. The van der Waals surface area contributed by atoms with Crippen LogP contribution in [0, 0.1) is 17.2 Å². The van der Waals surface area contributed by atoms with Crippen molar-refractivity contribution in [2.75, 3.05) is 20.0 Å². The van der Waals surface area contributed by atoms with Crippen LogP contribution in [0.1, 0.15) is 11.5 Å². The number of para-hydroxylation sites is 1. The number of amides is 2. The molecule has 1 heterocycles. The molecule has 2 rings (SSSR count). The number of nitrogens with two attached hydrogens (primary N) is 1. The van der Waals surface area contributed by atoms with Gasteiger partial charge in [-0.1, -0.05) is 30.0 Å². The van der Waals surface area contributed by atoms with E-state index in [0.29, 0.717) is 11.3 Å². The SMILES string of the molecule is COC(=O)C1C(=O)NC(SCC(N)=O)=C(C#N)C1c1ccccc1OC. The van der Waals surface area contributed by atoms with Gasteiger partial charge in [-0.2, -0.15) is 5.26 Å². The number of thioether (sulfide) groups is 1. The number of ether oxygens (including phenoxy) is 2. The number of hydrogen-bond donors (Lipinski definition) is 2. The number of nitrogens with zero attached hydrogens (tertiary/aromatic N) is 1. The van der Waals surface area contributed by atoms with E-state index in [1.807, 2.05) is 6.07 Å². The number of nitriles is 1. The molecule has 0 saturated carbocycles. The molecule has 1 aliphatic heterocycles. The van der Waals surface area contributed by atoms with E-state index in [2.05, 4.69) is 5.32 Å². The van der Waals surface area contributed by atoms with Crippen LogP contribution in [-0.2, 0) is 19.1 Å². The maximum Gasteiger partial charge on any atom is 0.319 e. The number of carbonyl (C=O) groups is 3. The number of benzene rings is 1. The Labute approximate surface area is 154 Å². The van der Waals surface area contributed by atoms with Crippen LogP contribution >= 0.6 is 11.8 Å². The molecule has 26 heavy (non-hydrogen) atoms. The van der Waals surface area contributed by atoms with Crippen LogP contribution in [0.4, 0.5) is 0 Å². The molecule has 2 amide bonds. The highest BCUT2D eigenvalue weighted by molar-refractivity contribution is 8.03. The summed E-state index contributed by atoms with van der Waals surface area (Å²) in [6, 6.07) is 8.82. The molecule has 2 atom stereocenters. The minimum atomic E-state index is -1.26. The van der Waals surface area contributed by atoms with Gasteiger partial charge in [0.15, 0.2) is 0 Å². The second-order valence-corrected chi connectivity index (χ2v) is 6.30. The van der Waals surface area contributed by atoms with Gasteiger partial charge in [-0.05, 0) is 6.07 Å². The molecule has 9 heteroatoms. The monoisotopic (exact) mass is 375 g/mol. The Balaban J connectivity index is 2.65. The molecule has 0 bridgehead atoms. The van der Waals surface area contributed by atoms with Gasteiger partial charge in [-0.25, -0.2) is 0 Å². The number of allylic oxidation sites excluding steroid dienone is 1. The predicted octanol–water partition coefficient (Wildman–Crippen LogP) is 0.651. The first kappa shape index (κ1) is 19.3. The van der Waals surface area contributed by atoms with Crippen molar-refractivity contribution in [2.24, 2.45) is 11.7 Å². The van der Waals surface area contributed by atoms with Crippen LogP contribution in [0.15, 0.2) is 34.9 Å². The van der Waals surface area contributed by atoms with Gasteiger partial charge in [0.25, 0.3) is 0 Å². The van der Waals surface area contributed by atoms with Gasteiger partial charge in [0.05, 0.1) is 36.6 Å². The highest BCUT2D eigenvalue weighted by atomic mass is 32.2. The van der Waals surface area contributed by atoms with Gasteiger partial charge in [0.2, 0.25) is 11.8 Å². The van der Waals surface area contributed by atoms with Crippen LogP contribution < -0.4 is 15.8 Å². The zero-order valence-corrected chi connectivity index (χ0v) is 15.0. The van der Waals surface area contributed by atoms with Crippen molar-refractivity contribution in [3.63, 3.8) is 0 Å². The summed E-state index contributed by atoms with van der Waals surface area (Å²) in [5.74, 6) is -3.87. The van der Waals surface area contributed by atoms with E-state index in [1.165, 1.54) is 14.2 Å². The van der Waals surface area contributed by atoms with Crippen molar-refractivity contribution < 1.29 is 23.9 Å². The lowest BCUT2D eigenvalue weighted by Gasteiger charge is -2.31. The van der Waals surface area contributed by atoms with Crippen molar-refractivity contribution >= 4 is 29.5 Å². The molecule has 0 spiro atoms. The van der Waals surface area contributed by atoms with E-state index in [1.54, 1.807) is 24.3 Å². The molecule has 1 aromatic rings. The van der Waals surface area contributed by atoms with Crippen molar-refractivity contribution in [3.8, 4) is 11.8 Å². The number of primary amides is 1. The summed E-state index contributed by atoms with van der Waals surface area (Å²) in [6.45, 7) is 0. The molecule has 1 aromatic carbocycles. The predicted molar refractivity (Wildman–Crippen MR) is 93.7 cm³/mol. The van der Waals surface area contributed by atoms with E-state index in [0.717, 1.165) is 11.8 Å². The Morgan fingerprint density at radius 1 is 1.35 bits per heavy atom. The van der Waals surface area contributed by atoms with Crippen molar-refractivity contribution in [1.29, 1.82) is 5.26 Å². The normalized spacial score (nSPS) is 19.3. The molecule has 136 valence electrons. The van der Waals surface area contributed by atoms with E-state index >= 15 is 0 Å². The van der Waals surface area contributed by atoms with E-state index in [-0.39, 0.29) is 16.4 Å². The smallest absolute Gasteiger partial charge is 0.319 e. The fraction of sp³-hybridized carbons (Fsp3) is 0.294. The molecule has 8 nitrogen and oxygen atoms in total. The summed E-state index contributed by atoms with van der Waals surface area (Å²) in [5.41, 5.74) is 5.78.